The van der Waals surface area contributed by atoms with Crippen LogP contribution in [0.15, 0.2) is 48.9 Å². The van der Waals surface area contributed by atoms with E-state index in [1.807, 2.05) is 36.8 Å². The van der Waals surface area contributed by atoms with Crippen LogP contribution in [0.25, 0.3) is 10.9 Å². The molecule has 1 aliphatic rings. The number of pyridine rings is 1. The van der Waals surface area contributed by atoms with Crippen molar-refractivity contribution in [1.29, 1.82) is 0 Å². The van der Waals surface area contributed by atoms with E-state index in [1.165, 1.54) is 10.9 Å². The zero-order valence-electron chi connectivity index (χ0n) is 15.9. The number of benzene rings is 1. The summed E-state index contributed by atoms with van der Waals surface area (Å²) in [6.45, 7) is 6.55. The minimum Gasteiger partial charge on any atom is -0.391 e. The third kappa shape index (κ3) is 3.99. The van der Waals surface area contributed by atoms with Crippen LogP contribution in [0, 0.1) is 5.92 Å². The number of hydrogen-bond acceptors (Lipinski definition) is 5. The summed E-state index contributed by atoms with van der Waals surface area (Å²) >= 11 is 0. The van der Waals surface area contributed by atoms with Gasteiger partial charge >= 0.3 is 0 Å². The Bertz CT molecular complexity index is 904. The molecule has 1 N–H and O–H groups in total. The van der Waals surface area contributed by atoms with Crippen LogP contribution in [0.5, 0.6) is 0 Å². The summed E-state index contributed by atoms with van der Waals surface area (Å²) in [6.07, 6.45) is 6.25. The Balaban J connectivity index is 1.43. The van der Waals surface area contributed by atoms with Gasteiger partial charge in [-0.25, -0.2) is 9.97 Å². The molecule has 0 radical (unpaired) electrons. The van der Waals surface area contributed by atoms with Crippen molar-refractivity contribution in [2.75, 3.05) is 13.1 Å². The van der Waals surface area contributed by atoms with Crippen molar-refractivity contribution in [1.82, 2.24) is 19.9 Å². The maximum atomic E-state index is 10.6. The van der Waals surface area contributed by atoms with Gasteiger partial charge in [-0.1, -0.05) is 32.0 Å². The molecule has 0 spiro atoms. The number of para-hydroxylation sites is 1. The number of hydrogen-bond donors (Lipinski definition) is 1. The van der Waals surface area contributed by atoms with Crippen LogP contribution in [-0.2, 0) is 13.0 Å². The Morgan fingerprint density at radius 1 is 1.07 bits per heavy atom. The lowest BCUT2D eigenvalue weighted by Gasteiger charge is -2.16. The van der Waals surface area contributed by atoms with Gasteiger partial charge in [-0.2, -0.15) is 0 Å². The van der Waals surface area contributed by atoms with Gasteiger partial charge in [0.2, 0.25) is 0 Å². The summed E-state index contributed by atoms with van der Waals surface area (Å²) in [5.74, 6) is 1.45. The van der Waals surface area contributed by atoms with E-state index in [4.69, 9.17) is 0 Å². The summed E-state index contributed by atoms with van der Waals surface area (Å²) < 4.78 is 0. The second-order valence-corrected chi connectivity index (χ2v) is 7.82. The van der Waals surface area contributed by atoms with Gasteiger partial charge in [-0.15, -0.1) is 0 Å². The van der Waals surface area contributed by atoms with Crippen molar-refractivity contribution in [2.45, 2.75) is 38.8 Å². The van der Waals surface area contributed by atoms with Crippen molar-refractivity contribution in [3.63, 3.8) is 0 Å². The first-order chi connectivity index (χ1) is 13.1. The van der Waals surface area contributed by atoms with E-state index >= 15 is 0 Å². The van der Waals surface area contributed by atoms with Crippen LogP contribution in [0.3, 0.4) is 0 Å². The smallest absolute Gasteiger partial charge is 0.130 e. The first-order valence-corrected chi connectivity index (χ1v) is 9.64. The lowest BCUT2D eigenvalue weighted by atomic mass is 9.94. The third-order valence-corrected chi connectivity index (χ3v) is 5.35. The third-order valence-electron chi connectivity index (χ3n) is 5.35. The second kappa shape index (κ2) is 7.71. The lowest BCUT2D eigenvalue weighted by molar-refractivity contribution is 0.141. The number of nitrogens with zero attached hydrogens (tertiary/aromatic N) is 4. The second-order valence-electron chi connectivity index (χ2n) is 7.82. The van der Waals surface area contributed by atoms with E-state index in [-0.39, 0.29) is 12.0 Å². The predicted molar refractivity (Wildman–Crippen MR) is 106 cm³/mol. The highest BCUT2D eigenvalue weighted by Crippen LogP contribution is 2.26. The molecule has 1 fully saturated rings. The van der Waals surface area contributed by atoms with Gasteiger partial charge in [0.15, 0.2) is 0 Å². The number of likely N-dealkylation sites (tertiary alicyclic amines) is 1. The van der Waals surface area contributed by atoms with Gasteiger partial charge in [-0.05, 0) is 24.1 Å². The molecule has 0 saturated carbocycles. The normalized spacial score (nSPS) is 20.6. The van der Waals surface area contributed by atoms with Gasteiger partial charge in [0.25, 0.3) is 0 Å². The lowest BCUT2D eigenvalue weighted by Crippen LogP contribution is -2.21. The highest BCUT2D eigenvalue weighted by Gasteiger charge is 2.31. The Morgan fingerprint density at radius 2 is 1.85 bits per heavy atom. The van der Waals surface area contributed by atoms with E-state index in [1.54, 1.807) is 0 Å². The number of fused-ring (bicyclic) bond motifs is 1. The standard InChI is InChI=1S/C22H26N4O/c1-15(2)22-24-10-16(11-25-22)12-26-13-18(21(27)14-26)9-17-7-8-23-20-6-4-3-5-19(17)20/h3-8,10-11,15,18,21,27H,9,12-14H2,1-2H3/t18-,21+/m1/s1. The van der Waals surface area contributed by atoms with E-state index < -0.39 is 0 Å². The van der Waals surface area contributed by atoms with Gasteiger partial charge in [0.1, 0.15) is 5.82 Å². The molecule has 1 saturated heterocycles. The Kier molecular flexibility index (Phi) is 5.14. The Hall–Kier alpha value is -2.37. The summed E-state index contributed by atoms with van der Waals surface area (Å²) in [4.78, 5) is 15.6. The van der Waals surface area contributed by atoms with Gasteiger partial charge in [-0.3, -0.25) is 9.88 Å². The van der Waals surface area contributed by atoms with Gasteiger partial charge in [0, 0.05) is 61.0 Å². The number of rotatable bonds is 5. The fourth-order valence-electron chi connectivity index (χ4n) is 3.89. The highest BCUT2D eigenvalue weighted by molar-refractivity contribution is 5.81. The topological polar surface area (TPSA) is 62.1 Å². The highest BCUT2D eigenvalue weighted by atomic mass is 16.3. The van der Waals surface area contributed by atoms with Crippen LogP contribution >= 0.6 is 0 Å². The summed E-state index contributed by atoms with van der Waals surface area (Å²) in [7, 11) is 0. The monoisotopic (exact) mass is 362 g/mol. The van der Waals surface area contributed by atoms with E-state index in [2.05, 4.69) is 45.8 Å². The van der Waals surface area contributed by atoms with Crippen molar-refractivity contribution < 1.29 is 5.11 Å². The maximum Gasteiger partial charge on any atom is 0.130 e. The van der Waals surface area contributed by atoms with Crippen molar-refractivity contribution in [3.05, 3.63) is 65.9 Å². The van der Waals surface area contributed by atoms with Crippen LogP contribution in [0.4, 0.5) is 0 Å². The van der Waals surface area contributed by atoms with Crippen LogP contribution in [0.1, 0.15) is 36.7 Å². The molecule has 0 amide bonds. The van der Waals surface area contributed by atoms with Crippen LogP contribution < -0.4 is 0 Å². The summed E-state index contributed by atoms with van der Waals surface area (Å²) in [5, 5.41) is 11.8. The number of aliphatic hydroxyl groups is 1. The van der Waals surface area contributed by atoms with Crippen molar-refractivity contribution in [2.24, 2.45) is 5.92 Å². The molecule has 0 aliphatic carbocycles. The molecular weight excluding hydrogens is 336 g/mol. The zero-order valence-corrected chi connectivity index (χ0v) is 15.9. The van der Waals surface area contributed by atoms with E-state index in [0.29, 0.717) is 12.5 Å². The van der Waals surface area contributed by atoms with Crippen molar-refractivity contribution in [3.8, 4) is 0 Å². The largest absolute Gasteiger partial charge is 0.391 e. The SMILES string of the molecule is CC(C)c1ncc(CN2C[C@@H](Cc3ccnc4ccccc34)[C@@H](O)C2)cn1. The molecule has 2 aromatic heterocycles. The maximum absolute atomic E-state index is 10.6. The average Bonchev–Trinajstić information content (AvgIpc) is 3.01. The molecule has 3 heterocycles. The number of β-amino-alcohol motifs (C(OH)–C–C–N with tert-alkyl or cyclic N) is 1. The molecule has 27 heavy (non-hydrogen) atoms. The minimum atomic E-state index is -0.312. The van der Waals surface area contributed by atoms with Crippen molar-refractivity contribution >= 4 is 10.9 Å². The molecule has 5 heteroatoms. The molecule has 3 aromatic rings. The Morgan fingerprint density at radius 3 is 2.63 bits per heavy atom. The molecule has 1 aromatic carbocycles. The molecule has 1 aliphatic heterocycles. The van der Waals surface area contributed by atoms with E-state index in [0.717, 1.165) is 36.4 Å². The summed E-state index contributed by atoms with van der Waals surface area (Å²) in [5.41, 5.74) is 3.37. The molecule has 4 rings (SSSR count). The fourth-order valence-corrected chi connectivity index (χ4v) is 3.89. The van der Waals surface area contributed by atoms with Gasteiger partial charge in [0.05, 0.1) is 11.6 Å². The first kappa shape index (κ1) is 18.0. The molecule has 0 unspecified atom stereocenters. The predicted octanol–water partition coefficient (Wildman–Crippen LogP) is 3.18. The molecule has 5 nitrogen and oxygen atoms in total. The van der Waals surface area contributed by atoms with Crippen LogP contribution in [-0.4, -0.2) is 44.2 Å². The molecule has 140 valence electrons. The molecule has 2 atom stereocenters. The fraction of sp³-hybridized carbons (Fsp3) is 0.409. The number of aliphatic hydroxyl groups excluding tert-OH is 1. The quantitative estimate of drug-likeness (QED) is 0.755. The Labute approximate surface area is 160 Å². The minimum absolute atomic E-state index is 0.228. The molecule has 0 bridgehead atoms. The molecular formula is C22H26N4O. The average molecular weight is 362 g/mol. The van der Waals surface area contributed by atoms with Crippen LogP contribution in [0.2, 0.25) is 0 Å². The van der Waals surface area contributed by atoms with E-state index in [9.17, 15) is 5.11 Å². The van der Waals surface area contributed by atoms with Gasteiger partial charge < -0.3 is 5.11 Å². The first-order valence-electron chi connectivity index (χ1n) is 9.64. The summed E-state index contributed by atoms with van der Waals surface area (Å²) in [6, 6.07) is 10.3. The number of aromatic nitrogens is 3. The zero-order chi connectivity index (χ0) is 18.8.